The lowest BCUT2D eigenvalue weighted by atomic mass is 9.95. The summed E-state index contributed by atoms with van der Waals surface area (Å²) in [5, 5.41) is 11.2. The molecule has 1 aromatic carbocycles. The maximum atomic E-state index is 12.8. The lowest BCUT2D eigenvalue weighted by molar-refractivity contribution is -0.137. The average Bonchev–Trinajstić information content (AvgIpc) is 2.54. The summed E-state index contributed by atoms with van der Waals surface area (Å²) in [6.45, 7) is 2.05. The van der Waals surface area contributed by atoms with Crippen molar-refractivity contribution < 1.29 is 18.0 Å². The van der Waals surface area contributed by atoms with E-state index in [1.807, 2.05) is 0 Å². The van der Waals surface area contributed by atoms with E-state index in [2.05, 4.69) is 16.3 Å². The Morgan fingerprint density at radius 3 is 2.62 bits per heavy atom. The van der Waals surface area contributed by atoms with Crippen molar-refractivity contribution in [2.24, 2.45) is 5.92 Å². The third-order valence-corrected chi connectivity index (χ3v) is 4.38. The number of nitriles is 1. The number of hydrogen-bond donors (Lipinski definition) is 1. The van der Waals surface area contributed by atoms with Gasteiger partial charge in [0.25, 0.3) is 0 Å². The summed E-state index contributed by atoms with van der Waals surface area (Å²) in [4.78, 5) is 14.4. The number of nitrogens with zero attached hydrogens (tertiary/aromatic N) is 2. The zero-order valence-electron chi connectivity index (χ0n) is 12.9. The van der Waals surface area contributed by atoms with Crippen molar-refractivity contribution in [2.75, 3.05) is 25.0 Å². The highest BCUT2D eigenvalue weighted by molar-refractivity contribution is 6.33. The molecule has 0 atom stereocenters. The van der Waals surface area contributed by atoms with Crippen LogP contribution in [0.1, 0.15) is 24.8 Å². The summed E-state index contributed by atoms with van der Waals surface area (Å²) in [7, 11) is 0. The van der Waals surface area contributed by atoms with Crippen LogP contribution >= 0.6 is 11.6 Å². The van der Waals surface area contributed by atoms with Gasteiger partial charge in [0, 0.05) is 18.9 Å². The summed E-state index contributed by atoms with van der Waals surface area (Å²) < 4.78 is 38.3. The van der Waals surface area contributed by atoms with Gasteiger partial charge in [-0.1, -0.05) is 11.6 Å². The highest BCUT2D eigenvalue weighted by Crippen LogP contribution is 2.34. The van der Waals surface area contributed by atoms with E-state index in [0.717, 1.165) is 18.2 Å². The lowest BCUT2D eigenvalue weighted by Gasteiger charge is -2.30. The first-order valence-electron chi connectivity index (χ1n) is 7.58. The number of benzene rings is 1. The summed E-state index contributed by atoms with van der Waals surface area (Å²) >= 11 is 5.89. The van der Waals surface area contributed by atoms with Crippen LogP contribution in [0, 0.1) is 17.2 Å². The first kappa shape index (κ1) is 18.6. The van der Waals surface area contributed by atoms with E-state index in [4.69, 9.17) is 16.9 Å². The topological polar surface area (TPSA) is 56.1 Å². The normalized spacial score (nSPS) is 16.6. The largest absolute Gasteiger partial charge is 0.416 e. The first-order chi connectivity index (χ1) is 11.3. The number of piperidine rings is 1. The standard InChI is InChI=1S/C16H17ClF3N3O/c17-13-3-2-12(16(18,19)20)10-14(13)22-15(24)11-4-8-23(9-5-11)7-1-6-21/h2-3,10-11H,1,4-5,7-9H2,(H,22,24). The van der Waals surface area contributed by atoms with Gasteiger partial charge in [-0.2, -0.15) is 18.4 Å². The molecule has 1 fully saturated rings. The molecule has 2 rings (SSSR count). The van der Waals surface area contributed by atoms with Crippen molar-refractivity contribution >= 4 is 23.2 Å². The molecule has 1 aromatic rings. The van der Waals surface area contributed by atoms with Crippen molar-refractivity contribution in [3.8, 4) is 6.07 Å². The Kier molecular flexibility index (Phi) is 6.08. The maximum Gasteiger partial charge on any atom is 0.416 e. The van der Waals surface area contributed by atoms with Crippen LogP contribution in [-0.2, 0) is 11.0 Å². The minimum Gasteiger partial charge on any atom is -0.325 e. The second-order valence-electron chi connectivity index (χ2n) is 5.71. The van der Waals surface area contributed by atoms with E-state index < -0.39 is 11.7 Å². The molecule has 1 aliphatic rings. The van der Waals surface area contributed by atoms with Gasteiger partial charge in [-0.05, 0) is 44.1 Å². The molecule has 0 radical (unpaired) electrons. The Hall–Kier alpha value is -1.78. The number of anilines is 1. The van der Waals surface area contributed by atoms with E-state index >= 15 is 0 Å². The van der Waals surface area contributed by atoms with Gasteiger partial charge in [0.05, 0.1) is 22.3 Å². The molecule has 130 valence electrons. The number of carbonyl (C=O) groups excluding carboxylic acids is 1. The van der Waals surface area contributed by atoms with Crippen LogP contribution in [0.3, 0.4) is 0 Å². The van der Waals surface area contributed by atoms with Gasteiger partial charge in [-0.15, -0.1) is 0 Å². The second-order valence-corrected chi connectivity index (χ2v) is 6.11. The second kappa shape index (κ2) is 7.86. The molecule has 0 aliphatic carbocycles. The van der Waals surface area contributed by atoms with Gasteiger partial charge in [0.2, 0.25) is 5.91 Å². The first-order valence-corrected chi connectivity index (χ1v) is 7.96. The molecule has 1 amide bonds. The number of carbonyl (C=O) groups is 1. The molecular formula is C16H17ClF3N3O. The molecule has 0 spiro atoms. The number of rotatable bonds is 4. The number of halogens is 4. The van der Waals surface area contributed by atoms with Gasteiger partial charge < -0.3 is 10.2 Å². The van der Waals surface area contributed by atoms with Crippen molar-refractivity contribution in [3.05, 3.63) is 28.8 Å². The molecule has 0 unspecified atom stereocenters. The SMILES string of the molecule is N#CCCN1CCC(C(=O)Nc2cc(C(F)(F)F)ccc2Cl)CC1. The van der Waals surface area contributed by atoms with Gasteiger partial charge in [-0.25, -0.2) is 0 Å². The Balaban J connectivity index is 1.97. The number of likely N-dealkylation sites (tertiary alicyclic amines) is 1. The van der Waals surface area contributed by atoms with Crippen LogP contribution < -0.4 is 5.32 Å². The zero-order valence-corrected chi connectivity index (χ0v) is 13.6. The summed E-state index contributed by atoms with van der Waals surface area (Å²) in [5.74, 6) is -0.592. The zero-order chi connectivity index (χ0) is 17.7. The monoisotopic (exact) mass is 359 g/mol. The average molecular weight is 360 g/mol. The van der Waals surface area contributed by atoms with Crippen molar-refractivity contribution in [1.82, 2.24) is 4.90 Å². The number of hydrogen-bond acceptors (Lipinski definition) is 3. The van der Waals surface area contributed by atoms with Crippen molar-refractivity contribution in [2.45, 2.75) is 25.4 Å². The summed E-state index contributed by atoms with van der Waals surface area (Å²) in [5.41, 5.74) is -0.878. The van der Waals surface area contributed by atoms with Gasteiger partial charge in [-0.3, -0.25) is 4.79 Å². The highest BCUT2D eigenvalue weighted by Gasteiger charge is 2.31. The smallest absolute Gasteiger partial charge is 0.325 e. The van der Waals surface area contributed by atoms with Crippen LogP contribution in [0.25, 0.3) is 0 Å². The molecule has 0 saturated carbocycles. The lowest BCUT2D eigenvalue weighted by Crippen LogP contribution is -2.38. The fourth-order valence-corrected chi connectivity index (χ4v) is 2.82. The van der Waals surface area contributed by atoms with Gasteiger partial charge in [0.1, 0.15) is 0 Å². The predicted octanol–water partition coefficient (Wildman–Crippen LogP) is 3.92. The van der Waals surface area contributed by atoms with E-state index in [9.17, 15) is 18.0 Å². The molecular weight excluding hydrogens is 343 g/mol. The molecule has 0 aromatic heterocycles. The van der Waals surface area contributed by atoms with Crippen molar-refractivity contribution in [3.63, 3.8) is 0 Å². The summed E-state index contributed by atoms with van der Waals surface area (Å²) in [6, 6.07) is 4.94. The van der Waals surface area contributed by atoms with E-state index in [1.165, 1.54) is 0 Å². The van der Waals surface area contributed by atoms with Gasteiger partial charge >= 0.3 is 6.18 Å². The number of nitrogens with one attached hydrogen (secondary N) is 1. The third kappa shape index (κ3) is 4.86. The molecule has 8 heteroatoms. The molecule has 1 heterocycles. The van der Waals surface area contributed by atoms with E-state index in [-0.39, 0.29) is 22.5 Å². The summed E-state index contributed by atoms with van der Waals surface area (Å²) in [6.07, 6.45) is -2.84. The molecule has 4 nitrogen and oxygen atoms in total. The number of alkyl halides is 3. The Labute approximate surface area is 143 Å². The van der Waals surface area contributed by atoms with E-state index in [1.54, 1.807) is 0 Å². The van der Waals surface area contributed by atoms with Gasteiger partial charge in [0.15, 0.2) is 0 Å². The fraction of sp³-hybridized carbons (Fsp3) is 0.500. The maximum absolute atomic E-state index is 12.8. The molecule has 1 aliphatic heterocycles. The molecule has 1 saturated heterocycles. The molecule has 1 N–H and O–H groups in total. The fourth-order valence-electron chi connectivity index (χ4n) is 2.66. The predicted molar refractivity (Wildman–Crippen MR) is 84.5 cm³/mol. The minimum absolute atomic E-state index is 0.0246. The minimum atomic E-state index is -4.49. The van der Waals surface area contributed by atoms with E-state index in [0.29, 0.717) is 38.9 Å². The van der Waals surface area contributed by atoms with Crippen LogP contribution in [0.15, 0.2) is 18.2 Å². The Morgan fingerprint density at radius 1 is 1.38 bits per heavy atom. The number of amides is 1. The van der Waals surface area contributed by atoms with Crippen LogP contribution in [0.5, 0.6) is 0 Å². The molecule has 24 heavy (non-hydrogen) atoms. The molecule has 0 bridgehead atoms. The third-order valence-electron chi connectivity index (χ3n) is 4.05. The highest BCUT2D eigenvalue weighted by atomic mass is 35.5. The van der Waals surface area contributed by atoms with Crippen molar-refractivity contribution in [1.29, 1.82) is 5.26 Å². The Morgan fingerprint density at radius 2 is 2.04 bits per heavy atom. The quantitative estimate of drug-likeness (QED) is 0.886. The van der Waals surface area contributed by atoms with Crippen LogP contribution in [0.2, 0.25) is 5.02 Å². The van der Waals surface area contributed by atoms with Crippen LogP contribution in [-0.4, -0.2) is 30.4 Å². The Bertz CT molecular complexity index is 634. The van der Waals surface area contributed by atoms with Crippen LogP contribution in [0.4, 0.5) is 18.9 Å².